The normalized spacial score (nSPS) is 18.3. The van der Waals surface area contributed by atoms with Gasteiger partial charge in [-0.25, -0.2) is 4.79 Å². The molecule has 2 aromatic carbocycles. The molecule has 1 aliphatic carbocycles. The van der Waals surface area contributed by atoms with Crippen LogP contribution in [0.3, 0.4) is 0 Å². The van der Waals surface area contributed by atoms with E-state index in [9.17, 15) is 9.59 Å². The summed E-state index contributed by atoms with van der Waals surface area (Å²) in [6.45, 7) is 5.51. The minimum atomic E-state index is -0.282. The van der Waals surface area contributed by atoms with Gasteiger partial charge >= 0.3 is 6.03 Å². The number of imide groups is 1. The molecular weight excluding hydrogens is 506 g/mol. The molecule has 1 saturated heterocycles. The molecule has 3 amide bonds. The van der Waals surface area contributed by atoms with E-state index < -0.39 is 0 Å². The van der Waals surface area contributed by atoms with Gasteiger partial charge in [0, 0.05) is 32.6 Å². The van der Waals surface area contributed by atoms with Crippen LogP contribution in [0.2, 0.25) is 0 Å². The number of amides is 3. The highest BCUT2D eigenvalue weighted by Gasteiger charge is 2.33. The summed E-state index contributed by atoms with van der Waals surface area (Å²) >= 11 is 0. The minimum Gasteiger partial charge on any atom is -0.493 e. The van der Waals surface area contributed by atoms with E-state index in [2.05, 4.69) is 42.2 Å². The summed E-state index contributed by atoms with van der Waals surface area (Å²) in [7, 11) is 3.28. The van der Waals surface area contributed by atoms with Crippen LogP contribution in [0.5, 0.6) is 17.2 Å². The van der Waals surface area contributed by atoms with Gasteiger partial charge in [0.25, 0.3) is 0 Å². The van der Waals surface area contributed by atoms with E-state index >= 15 is 0 Å². The lowest BCUT2D eigenvalue weighted by molar-refractivity contribution is -0.125. The summed E-state index contributed by atoms with van der Waals surface area (Å²) in [6, 6.07) is 12.9. The zero-order valence-electron chi connectivity index (χ0n) is 24.2. The van der Waals surface area contributed by atoms with Gasteiger partial charge < -0.3 is 19.1 Å². The van der Waals surface area contributed by atoms with Crippen LogP contribution in [0.1, 0.15) is 68.2 Å². The molecule has 0 radical (unpaired) electrons. The molecule has 0 spiro atoms. The van der Waals surface area contributed by atoms with E-state index in [-0.39, 0.29) is 31.6 Å². The fraction of sp³-hybridized carbons (Fsp3) is 0.562. The molecule has 2 aliphatic heterocycles. The highest BCUT2D eigenvalue weighted by atomic mass is 16.5. The van der Waals surface area contributed by atoms with Crippen LogP contribution in [0, 0.1) is 5.92 Å². The van der Waals surface area contributed by atoms with Gasteiger partial charge in [-0.15, -0.1) is 0 Å². The van der Waals surface area contributed by atoms with Crippen molar-refractivity contribution in [1.82, 2.24) is 14.7 Å². The molecule has 2 heterocycles. The highest BCUT2D eigenvalue weighted by molar-refractivity contribution is 6.01. The SMILES string of the molecule is CCC(c1ccc2c(c1)CCO2)N(Cc1ccc(OCCN2C(=O)CN(C)C2=O)c(OC)c1)CC1CCCCC1. The Bertz CT molecular complexity index is 1200. The largest absolute Gasteiger partial charge is 0.493 e. The number of carbonyl (C=O) groups excluding carboxylic acids is 2. The fourth-order valence-corrected chi connectivity index (χ4v) is 6.42. The maximum absolute atomic E-state index is 12.1. The van der Waals surface area contributed by atoms with Gasteiger partial charge in [0.05, 0.1) is 20.3 Å². The number of urea groups is 1. The van der Waals surface area contributed by atoms with Crippen molar-refractivity contribution in [3.63, 3.8) is 0 Å². The summed E-state index contributed by atoms with van der Waals surface area (Å²) in [5.74, 6) is 2.83. The van der Waals surface area contributed by atoms with Crippen molar-refractivity contribution < 1.29 is 23.8 Å². The predicted octanol–water partition coefficient (Wildman–Crippen LogP) is 5.44. The van der Waals surface area contributed by atoms with Crippen molar-refractivity contribution in [2.24, 2.45) is 5.92 Å². The van der Waals surface area contributed by atoms with Crippen LogP contribution in [-0.4, -0.2) is 73.6 Å². The Morgan fingerprint density at radius 1 is 1.07 bits per heavy atom. The molecule has 3 aliphatic rings. The second kappa shape index (κ2) is 12.9. The third-order valence-electron chi connectivity index (χ3n) is 8.56. The third kappa shape index (κ3) is 6.38. The zero-order valence-corrected chi connectivity index (χ0v) is 24.2. The number of hydrogen-bond donors (Lipinski definition) is 0. The van der Waals surface area contributed by atoms with E-state index in [1.54, 1.807) is 14.2 Å². The van der Waals surface area contributed by atoms with Gasteiger partial charge in [0.1, 0.15) is 18.9 Å². The van der Waals surface area contributed by atoms with Crippen LogP contribution in [-0.2, 0) is 17.8 Å². The van der Waals surface area contributed by atoms with Crippen LogP contribution in [0.15, 0.2) is 36.4 Å². The van der Waals surface area contributed by atoms with Gasteiger partial charge in [-0.1, -0.05) is 44.4 Å². The number of methoxy groups -OCH3 is 1. The first-order valence-electron chi connectivity index (χ1n) is 14.8. The van der Waals surface area contributed by atoms with Crippen molar-refractivity contribution in [1.29, 1.82) is 0 Å². The monoisotopic (exact) mass is 549 g/mol. The quantitative estimate of drug-likeness (QED) is 0.329. The summed E-state index contributed by atoms with van der Waals surface area (Å²) in [4.78, 5) is 29.5. The first kappa shape index (κ1) is 28.3. The number of rotatable bonds is 12. The Morgan fingerprint density at radius 2 is 1.90 bits per heavy atom. The topological polar surface area (TPSA) is 71.6 Å². The number of benzene rings is 2. The number of carbonyl (C=O) groups is 2. The first-order valence-corrected chi connectivity index (χ1v) is 14.8. The smallest absolute Gasteiger partial charge is 0.327 e. The van der Waals surface area contributed by atoms with Gasteiger partial charge in [0.2, 0.25) is 5.91 Å². The number of ether oxygens (including phenoxy) is 3. The first-order chi connectivity index (χ1) is 19.5. The third-order valence-corrected chi connectivity index (χ3v) is 8.56. The van der Waals surface area contributed by atoms with Gasteiger partial charge in [-0.3, -0.25) is 14.6 Å². The van der Waals surface area contributed by atoms with E-state index in [1.165, 1.54) is 58.6 Å². The van der Waals surface area contributed by atoms with Crippen molar-refractivity contribution in [2.75, 3.05) is 47.0 Å². The van der Waals surface area contributed by atoms with Crippen LogP contribution in [0.25, 0.3) is 0 Å². The van der Waals surface area contributed by atoms with Crippen molar-refractivity contribution in [2.45, 2.75) is 64.5 Å². The Balaban J connectivity index is 1.30. The van der Waals surface area contributed by atoms with Crippen LogP contribution < -0.4 is 14.2 Å². The minimum absolute atomic E-state index is 0.117. The fourth-order valence-electron chi connectivity index (χ4n) is 6.42. The molecule has 5 rings (SSSR count). The van der Waals surface area contributed by atoms with Gasteiger partial charge in [-0.05, 0) is 60.1 Å². The van der Waals surface area contributed by atoms with Crippen molar-refractivity contribution in [3.8, 4) is 17.2 Å². The Morgan fingerprint density at radius 3 is 2.62 bits per heavy atom. The van der Waals surface area contributed by atoms with Gasteiger partial charge in [-0.2, -0.15) is 0 Å². The van der Waals surface area contributed by atoms with Crippen LogP contribution in [0.4, 0.5) is 4.79 Å². The van der Waals surface area contributed by atoms with Gasteiger partial charge in [0.15, 0.2) is 11.5 Å². The Hall–Kier alpha value is -3.26. The Kier molecular flexibility index (Phi) is 9.15. The molecule has 0 aromatic heterocycles. The second-order valence-electron chi connectivity index (χ2n) is 11.3. The number of fused-ring (bicyclic) bond motifs is 1. The summed E-state index contributed by atoms with van der Waals surface area (Å²) in [5.41, 5.74) is 3.86. The van der Waals surface area contributed by atoms with E-state index in [0.717, 1.165) is 44.2 Å². The van der Waals surface area contributed by atoms with Crippen molar-refractivity contribution in [3.05, 3.63) is 53.1 Å². The molecule has 1 unspecified atom stereocenters. The molecule has 8 nitrogen and oxygen atoms in total. The molecule has 8 heteroatoms. The molecule has 216 valence electrons. The standard InChI is InChI=1S/C32H43N3O5/c1-4-27(25-11-13-28-26(19-25)14-16-39-28)34(20-23-8-6-5-7-9-23)21-24-10-12-29(30(18-24)38-3)40-17-15-35-31(36)22-33(2)32(35)37/h10-13,18-19,23,27H,4-9,14-17,20-22H2,1-3H3. The molecule has 0 bridgehead atoms. The predicted molar refractivity (Wildman–Crippen MR) is 154 cm³/mol. The van der Waals surface area contributed by atoms with E-state index in [0.29, 0.717) is 17.5 Å². The number of hydrogen-bond acceptors (Lipinski definition) is 6. The second-order valence-corrected chi connectivity index (χ2v) is 11.3. The van der Waals surface area contributed by atoms with Crippen LogP contribution >= 0.6 is 0 Å². The molecule has 40 heavy (non-hydrogen) atoms. The average Bonchev–Trinajstić information content (AvgIpc) is 3.53. The average molecular weight is 550 g/mol. The molecular formula is C32H43N3O5. The maximum atomic E-state index is 12.1. The van der Waals surface area contributed by atoms with E-state index in [4.69, 9.17) is 14.2 Å². The molecule has 2 fully saturated rings. The number of nitrogens with zero attached hydrogens (tertiary/aromatic N) is 3. The lowest BCUT2D eigenvalue weighted by atomic mass is 9.88. The van der Waals surface area contributed by atoms with E-state index in [1.807, 2.05) is 6.07 Å². The highest BCUT2D eigenvalue weighted by Crippen LogP contribution is 2.36. The lowest BCUT2D eigenvalue weighted by Crippen LogP contribution is -2.35. The molecule has 0 N–H and O–H groups in total. The summed E-state index contributed by atoms with van der Waals surface area (Å²) < 4.78 is 17.5. The zero-order chi connectivity index (χ0) is 28.1. The Labute approximate surface area is 238 Å². The van der Waals surface area contributed by atoms with Crippen molar-refractivity contribution >= 4 is 11.9 Å². The summed E-state index contributed by atoms with van der Waals surface area (Å²) in [5, 5.41) is 0. The molecule has 2 aromatic rings. The lowest BCUT2D eigenvalue weighted by Gasteiger charge is -2.36. The maximum Gasteiger partial charge on any atom is 0.327 e. The summed E-state index contributed by atoms with van der Waals surface area (Å²) in [6.07, 6.45) is 8.64. The number of likely N-dealkylation sites (N-methyl/N-ethyl adjacent to an activating group) is 1. The molecule has 1 atom stereocenters. The molecule has 1 saturated carbocycles.